The molecule has 172 valence electrons. The Hall–Kier alpha value is -3.56. The maximum Gasteiger partial charge on any atom is 0.260 e. The second-order valence-electron chi connectivity index (χ2n) is 8.17. The van der Waals surface area contributed by atoms with Crippen LogP contribution in [0.25, 0.3) is 0 Å². The fraction of sp³-hybridized carbons (Fsp3) is 0.167. The van der Waals surface area contributed by atoms with Crippen molar-refractivity contribution in [3.8, 4) is 5.75 Å². The van der Waals surface area contributed by atoms with Gasteiger partial charge in [-0.1, -0.05) is 109 Å². The van der Waals surface area contributed by atoms with E-state index >= 15 is 0 Å². The van der Waals surface area contributed by atoms with E-state index in [1.54, 1.807) is 0 Å². The van der Waals surface area contributed by atoms with Crippen molar-refractivity contribution in [2.24, 2.45) is 0 Å². The highest BCUT2D eigenvalue weighted by Crippen LogP contribution is 2.29. The van der Waals surface area contributed by atoms with Crippen LogP contribution in [0.3, 0.4) is 0 Å². The molecular weight excluding hydrogens is 442 g/mol. The maximum absolute atomic E-state index is 13.3. The van der Waals surface area contributed by atoms with Crippen LogP contribution in [0, 0.1) is 0 Å². The van der Waals surface area contributed by atoms with Gasteiger partial charge in [-0.15, -0.1) is 0 Å². The van der Waals surface area contributed by atoms with Crippen molar-refractivity contribution in [1.82, 2.24) is 4.90 Å². The van der Waals surface area contributed by atoms with Crippen LogP contribution in [0.1, 0.15) is 29.0 Å². The predicted molar refractivity (Wildman–Crippen MR) is 138 cm³/mol. The summed E-state index contributed by atoms with van der Waals surface area (Å²) in [7, 11) is 0. The zero-order valence-electron chi connectivity index (χ0n) is 19.0. The summed E-state index contributed by atoms with van der Waals surface area (Å²) in [5.41, 5.74) is 3.40. The lowest BCUT2D eigenvalue weighted by atomic mass is 9.88. The first-order chi connectivity index (χ1) is 16.7. The lowest BCUT2D eigenvalue weighted by Gasteiger charge is -2.26. The van der Waals surface area contributed by atoms with Gasteiger partial charge in [-0.3, -0.25) is 4.79 Å². The van der Waals surface area contributed by atoms with Crippen molar-refractivity contribution in [3.05, 3.63) is 137 Å². The first kappa shape index (κ1) is 23.6. The quantitative estimate of drug-likeness (QED) is 0.251. The minimum atomic E-state index is -0.0661. The molecule has 0 saturated carbocycles. The molecule has 0 heterocycles. The Morgan fingerprint density at radius 3 is 1.85 bits per heavy atom. The monoisotopic (exact) mass is 469 g/mol. The Labute approximate surface area is 206 Å². The smallest absolute Gasteiger partial charge is 0.260 e. The molecule has 4 aromatic carbocycles. The average molecular weight is 470 g/mol. The number of amides is 1. The predicted octanol–water partition coefficient (Wildman–Crippen LogP) is 6.97. The number of carbonyl (C=O) groups excluding carboxylic acids is 1. The molecule has 0 radical (unpaired) electrons. The van der Waals surface area contributed by atoms with E-state index < -0.39 is 0 Å². The van der Waals surface area contributed by atoms with Gasteiger partial charge in [0.1, 0.15) is 5.75 Å². The zero-order valence-corrected chi connectivity index (χ0v) is 19.8. The SMILES string of the molecule is O=C(COc1ccccc1)N(CCC(c1ccccc1)c1ccccc1)Cc1ccccc1Cl. The highest BCUT2D eigenvalue weighted by molar-refractivity contribution is 6.31. The Bertz CT molecular complexity index is 1130. The van der Waals surface area contributed by atoms with E-state index in [1.807, 2.05) is 71.6 Å². The summed E-state index contributed by atoms with van der Waals surface area (Å²) < 4.78 is 5.77. The standard InChI is InChI=1S/C30H28ClNO2/c31-29-19-11-10-16-26(29)22-32(30(33)23-34-27-17-8-3-9-18-27)21-20-28(24-12-4-1-5-13-24)25-14-6-2-7-15-25/h1-19,28H,20-23H2. The number of ether oxygens (including phenoxy) is 1. The maximum atomic E-state index is 13.3. The van der Waals surface area contributed by atoms with E-state index in [-0.39, 0.29) is 18.4 Å². The van der Waals surface area contributed by atoms with Gasteiger partial charge in [-0.2, -0.15) is 0 Å². The van der Waals surface area contributed by atoms with Gasteiger partial charge in [-0.05, 0) is 41.3 Å². The molecule has 0 unspecified atom stereocenters. The van der Waals surface area contributed by atoms with Crippen LogP contribution in [0.15, 0.2) is 115 Å². The molecule has 0 aliphatic rings. The van der Waals surface area contributed by atoms with Crippen molar-refractivity contribution >= 4 is 17.5 Å². The molecule has 34 heavy (non-hydrogen) atoms. The molecule has 0 N–H and O–H groups in total. The molecule has 3 nitrogen and oxygen atoms in total. The molecule has 0 bridgehead atoms. The van der Waals surface area contributed by atoms with Gasteiger partial charge in [0.25, 0.3) is 5.91 Å². The van der Waals surface area contributed by atoms with Gasteiger partial charge in [0.05, 0.1) is 0 Å². The van der Waals surface area contributed by atoms with Crippen LogP contribution in [0.5, 0.6) is 5.75 Å². The molecule has 4 heteroatoms. The van der Waals surface area contributed by atoms with E-state index in [4.69, 9.17) is 16.3 Å². The van der Waals surface area contributed by atoms with E-state index in [1.165, 1.54) is 11.1 Å². The average Bonchev–Trinajstić information content (AvgIpc) is 2.89. The summed E-state index contributed by atoms with van der Waals surface area (Å²) in [4.78, 5) is 15.1. The summed E-state index contributed by atoms with van der Waals surface area (Å²) in [6, 6.07) is 38.0. The second-order valence-corrected chi connectivity index (χ2v) is 8.58. The Balaban J connectivity index is 1.53. The highest BCUT2D eigenvalue weighted by atomic mass is 35.5. The minimum absolute atomic E-state index is 0.0180. The van der Waals surface area contributed by atoms with Crippen LogP contribution in [-0.4, -0.2) is 24.0 Å². The highest BCUT2D eigenvalue weighted by Gasteiger charge is 2.20. The largest absolute Gasteiger partial charge is 0.484 e. The number of halogens is 1. The number of nitrogens with zero attached hydrogens (tertiary/aromatic N) is 1. The third kappa shape index (κ3) is 6.49. The van der Waals surface area contributed by atoms with E-state index in [2.05, 4.69) is 48.5 Å². The topological polar surface area (TPSA) is 29.5 Å². The molecule has 4 aromatic rings. The number of hydrogen-bond acceptors (Lipinski definition) is 2. The first-order valence-corrected chi connectivity index (χ1v) is 11.9. The number of para-hydroxylation sites is 1. The third-order valence-corrected chi connectivity index (χ3v) is 6.24. The van der Waals surface area contributed by atoms with E-state index in [9.17, 15) is 4.79 Å². The van der Waals surface area contributed by atoms with Gasteiger partial charge in [0.2, 0.25) is 0 Å². The molecule has 0 aliphatic carbocycles. The van der Waals surface area contributed by atoms with E-state index in [0.717, 1.165) is 12.0 Å². The molecule has 0 aromatic heterocycles. The molecule has 0 spiro atoms. The lowest BCUT2D eigenvalue weighted by Crippen LogP contribution is -2.36. The zero-order chi connectivity index (χ0) is 23.6. The molecule has 4 rings (SSSR count). The van der Waals surface area contributed by atoms with Crippen molar-refractivity contribution in [3.63, 3.8) is 0 Å². The van der Waals surface area contributed by atoms with Gasteiger partial charge in [0.15, 0.2) is 6.61 Å². The van der Waals surface area contributed by atoms with Crippen LogP contribution < -0.4 is 4.74 Å². The number of hydrogen-bond donors (Lipinski definition) is 0. The van der Waals surface area contributed by atoms with E-state index in [0.29, 0.717) is 23.9 Å². The summed E-state index contributed by atoms with van der Waals surface area (Å²) in [5, 5.41) is 0.659. The van der Waals surface area contributed by atoms with Crippen molar-refractivity contribution in [2.45, 2.75) is 18.9 Å². The second kappa shape index (κ2) is 12.1. The van der Waals surface area contributed by atoms with Gasteiger partial charge < -0.3 is 9.64 Å². The number of carbonyl (C=O) groups is 1. The lowest BCUT2D eigenvalue weighted by molar-refractivity contribution is -0.134. The van der Waals surface area contributed by atoms with Crippen molar-refractivity contribution in [2.75, 3.05) is 13.2 Å². The molecule has 0 saturated heterocycles. The first-order valence-electron chi connectivity index (χ1n) is 11.5. The third-order valence-electron chi connectivity index (χ3n) is 5.87. The molecule has 0 atom stereocenters. The summed E-state index contributed by atoms with van der Waals surface area (Å²) in [6.07, 6.45) is 0.787. The van der Waals surface area contributed by atoms with Gasteiger partial charge in [-0.25, -0.2) is 0 Å². The number of benzene rings is 4. The van der Waals surface area contributed by atoms with Crippen LogP contribution in [-0.2, 0) is 11.3 Å². The van der Waals surface area contributed by atoms with Crippen molar-refractivity contribution in [1.29, 1.82) is 0 Å². The van der Waals surface area contributed by atoms with Gasteiger partial charge >= 0.3 is 0 Å². The summed E-state index contributed by atoms with van der Waals surface area (Å²) in [5.74, 6) is 0.794. The minimum Gasteiger partial charge on any atom is -0.484 e. The van der Waals surface area contributed by atoms with Crippen LogP contribution in [0.4, 0.5) is 0 Å². The fourth-order valence-corrected chi connectivity index (χ4v) is 4.25. The number of rotatable bonds is 10. The fourth-order valence-electron chi connectivity index (χ4n) is 4.06. The van der Waals surface area contributed by atoms with Crippen molar-refractivity contribution < 1.29 is 9.53 Å². The Kier molecular flexibility index (Phi) is 8.37. The van der Waals surface area contributed by atoms with Gasteiger partial charge in [0, 0.05) is 24.0 Å². The van der Waals surface area contributed by atoms with Crippen LogP contribution in [0.2, 0.25) is 5.02 Å². The molecular formula is C30H28ClNO2. The molecule has 1 amide bonds. The summed E-state index contributed by atoms with van der Waals surface area (Å²) >= 11 is 6.43. The normalized spacial score (nSPS) is 10.8. The Morgan fingerprint density at radius 2 is 1.26 bits per heavy atom. The molecule has 0 fully saturated rings. The molecule has 0 aliphatic heterocycles. The van der Waals surface area contributed by atoms with Crippen LogP contribution >= 0.6 is 11.6 Å². The Morgan fingerprint density at radius 1 is 0.735 bits per heavy atom. The summed E-state index contributed by atoms with van der Waals surface area (Å²) in [6.45, 7) is 0.999.